The SMILES string of the molecule is CC(=O)N[C@H]1CC[C@@]2(C)[C@H]3Cc4ccc(OCc5ccccc5)c5c4[C@@]2(CCC3C)[C@@]1(C)O5. The van der Waals surface area contributed by atoms with Crippen molar-refractivity contribution in [3.63, 3.8) is 0 Å². The predicted octanol–water partition coefficient (Wildman–Crippen LogP) is 5.56. The zero-order chi connectivity index (χ0) is 23.0. The van der Waals surface area contributed by atoms with Crippen LogP contribution in [0.15, 0.2) is 42.5 Å². The van der Waals surface area contributed by atoms with Crippen LogP contribution in [-0.4, -0.2) is 17.6 Å². The second-order valence-corrected chi connectivity index (χ2v) is 11.4. The highest BCUT2D eigenvalue weighted by atomic mass is 16.5. The quantitative estimate of drug-likeness (QED) is 0.670. The maximum atomic E-state index is 12.2. The first-order valence-corrected chi connectivity index (χ1v) is 12.6. The number of carbonyl (C=O) groups excluding carboxylic acids is 1. The average molecular weight is 446 g/mol. The first-order valence-electron chi connectivity index (χ1n) is 12.6. The van der Waals surface area contributed by atoms with E-state index in [2.05, 4.69) is 50.4 Å². The molecule has 1 N–H and O–H groups in total. The molecule has 2 aromatic carbocycles. The topological polar surface area (TPSA) is 47.6 Å². The Morgan fingerprint density at radius 2 is 1.91 bits per heavy atom. The van der Waals surface area contributed by atoms with Gasteiger partial charge in [0.1, 0.15) is 12.2 Å². The molecule has 0 aromatic heterocycles. The first-order chi connectivity index (χ1) is 15.8. The molecule has 2 aromatic rings. The Labute approximate surface area is 197 Å². The summed E-state index contributed by atoms with van der Waals surface area (Å²) >= 11 is 0. The van der Waals surface area contributed by atoms with Gasteiger partial charge in [-0.2, -0.15) is 0 Å². The number of nitrogens with one attached hydrogen (secondary N) is 1. The highest BCUT2D eigenvalue weighted by Gasteiger charge is 2.75. The van der Waals surface area contributed by atoms with Gasteiger partial charge in [0.2, 0.25) is 5.91 Å². The minimum atomic E-state index is -0.478. The second kappa shape index (κ2) is 7.01. The van der Waals surface area contributed by atoms with Gasteiger partial charge in [0, 0.05) is 17.9 Å². The van der Waals surface area contributed by atoms with Crippen molar-refractivity contribution in [2.24, 2.45) is 17.3 Å². The molecule has 0 radical (unpaired) electrons. The molecule has 6 rings (SSSR count). The summed E-state index contributed by atoms with van der Waals surface area (Å²) in [7, 11) is 0. The average Bonchev–Trinajstić information content (AvgIpc) is 3.07. The molecule has 6 atom stereocenters. The van der Waals surface area contributed by atoms with Crippen molar-refractivity contribution in [2.45, 2.75) is 83.5 Å². The predicted molar refractivity (Wildman–Crippen MR) is 128 cm³/mol. The summed E-state index contributed by atoms with van der Waals surface area (Å²) in [6, 6.07) is 14.7. The van der Waals surface area contributed by atoms with E-state index in [4.69, 9.17) is 9.47 Å². The van der Waals surface area contributed by atoms with Crippen LogP contribution in [-0.2, 0) is 23.2 Å². The first kappa shape index (κ1) is 21.1. The monoisotopic (exact) mass is 445 g/mol. The Morgan fingerprint density at radius 3 is 2.67 bits per heavy atom. The lowest BCUT2D eigenvalue weighted by molar-refractivity contribution is -0.165. The lowest BCUT2D eigenvalue weighted by Gasteiger charge is -2.68. The van der Waals surface area contributed by atoms with Gasteiger partial charge in [-0.25, -0.2) is 0 Å². The minimum absolute atomic E-state index is 0.00236. The molecule has 4 heteroatoms. The van der Waals surface area contributed by atoms with E-state index in [1.807, 2.05) is 18.2 Å². The van der Waals surface area contributed by atoms with Crippen LogP contribution in [0, 0.1) is 17.3 Å². The summed E-state index contributed by atoms with van der Waals surface area (Å²) in [5.74, 6) is 3.14. The highest BCUT2D eigenvalue weighted by molar-refractivity contribution is 5.74. The zero-order valence-corrected chi connectivity index (χ0v) is 20.2. The Balaban J connectivity index is 1.51. The lowest BCUT2D eigenvalue weighted by Crippen LogP contribution is -2.74. The Morgan fingerprint density at radius 1 is 1.12 bits per heavy atom. The Bertz CT molecular complexity index is 1110. The fourth-order valence-electron chi connectivity index (χ4n) is 8.45. The molecule has 4 nitrogen and oxygen atoms in total. The number of amides is 1. The van der Waals surface area contributed by atoms with Gasteiger partial charge in [-0.05, 0) is 73.5 Å². The van der Waals surface area contributed by atoms with Gasteiger partial charge in [-0.1, -0.05) is 50.2 Å². The summed E-state index contributed by atoms with van der Waals surface area (Å²) in [5.41, 5.74) is 3.54. The van der Waals surface area contributed by atoms with Gasteiger partial charge in [-0.15, -0.1) is 0 Å². The van der Waals surface area contributed by atoms with Crippen LogP contribution in [0.3, 0.4) is 0 Å². The number of benzene rings is 2. The smallest absolute Gasteiger partial charge is 0.217 e. The molecule has 174 valence electrons. The van der Waals surface area contributed by atoms with Gasteiger partial charge in [-0.3, -0.25) is 4.79 Å². The van der Waals surface area contributed by atoms with Crippen molar-refractivity contribution < 1.29 is 14.3 Å². The van der Waals surface area contributed by atoms with Gasteiger partial charge in [0.15, 0.2) is 11.5 Å². The van der Waals surface area contributed by atoms with Crippen LogP contribution in [0.2, 0.25) is 0 Å². The summed E-state index contributed by atoms with van der Waals surface area (Å²) in [6.07, 6.45) is 5.52. The number of rotatable bonds is 4. The van der Waals surface area contributed by atoms with E-state index in [0.29, 0.717) is 18.4 Å². The van der Waals surface area contributed by atoms with Gasteiger partial charge >= 0.3 is 0 Å². The van der Waals surface area contributed by atoms with Gasteiger partial charge in [0.05, 0.1) is 6.04 Å². The number of ether oxygens (including phenoxy) is 2. The van der Waals surface area contributed by atoms with Crippen molar-refractivity contribution in [3.05, 3.63) is 59.2 Å². The molecule has 1 amide bonds. The van der Waals surface area contributed by atoms with E-state index >= 15 is 0 Å². The van der Waals surface area contributed by atoms with E-state index < -0.39 is 5.60 Å². The zero-order valence-electron chi connectivity index (χ0n) is 20.2. The standard InChI is InChI=1S/C29H35NO3/c1-18-12-15-29-25-21-10-11-23(32-17-20-8-6-5-7-9-20)26(25)33-28(29,4)24(30-19(2)31)13-14-27(29,3)22(18)16-21/h5-11,18,22,24H,12-17H2,1-4H3,(H,30,31)/t18?,22-,24-,27-,28-,29+/m0/s1. The third kappa shape index (κ3) is 2.61. The molecule has 33 heavy (non-hydrogen) atoms. The summed E-state index contributed by atoms with van der Waals surface area (Å²) in [4.78, 5) is 12.2. The van der Waals surface area contributed by atoms with Crippen molar-refractivity contribution in [1.29, 1.82) is 0 Å². The lowest BCUT2D eigenvalue weighted by atomic mass is 9.36. The Hall–Kier alpha value is -2.49. The molecule has 0 saturated heterocycles. The molecular weight excluding hydrogens is 410 g/mol. The van der Waals surface area contributed by atoms with Gasteiger partial charge < -0.3 is 14.8 Å². The largest absolute Gasteiger partial charge is 0.485 e. The molecule has 2 bridgehead atoms. The normalized spacial score (nSPS) is 37.6. The molecule has 1 aliphatic heterocycles. The van der Waals surface area contributed by atoms with Gasteiger partial charge in [0.25, 0.3) is 0 Å². The van der Waals surface area contributed by atoms with E-state index in [1.54, 1.807) is 6.92 Å². The maximum absolute atomic E-state index is 12.2. The number of hydrogen-bond acceptors (Lipinski definition) is 3. The molecule has 1 unspecified atom stereocenters. The van der Waals surface area contributed by atoms with Crippen LogP contribution in [0.4, 0.5) is 0 Å². The summed E-state index contributed by atoms with van der Waals surface area (Å²) in [6.45, 7) is 9.39. The number of carbonyl (C=O) groups is 1. The van der Waals surface area contributed by atoms with Crippen LogP contribution >= 0.6 is 0 Å². The molecule has 4 aliphatic rings. The summed E-state index contributed by atoms with van der Waals surface area (Å²) < 4.78 is 13.5. The fraction of sp³-hybridized carbons (Fsp3) is 0.552. The highest BCUT2D eigenvalue weighted by Crippen LogP contribution is 2.75. The van der Waals surface area contributed by atoms with Crippen molar-refractivity contribution in [3.8, 4) is 11.5 Å². The van der Waals surface area contributed by atoms with Crippen LogP contribution in [0.1, 0.15) is 70.1 Å². The van der Waals surface area contributed by atoms with E-state index in [1.165, 1.54) is 17.5 Å². The van der Waals surface area contributed by atoms with E-state index in [9.17, 15) is 4.79 Å². The molecule has 3 aliphatic carbocycles. The van der Waals surface area contributed by atoms with Crippen molar-refractivity contribution in [2.75, 3.05) is 0 Å². The van der Waals surface area contributed by atoms with Crippen LogP contribution in [0.5, 0.6) is 11.5 Å². The molecule has 1 heterocycles. The summed E-state index contributed by atoms with van der Waals surface area (Å²) in [5, 5.41) is 3.29. The molecule has 1 spiro atoms. The fourth-order valence-corrected chi connectivity index (χ4v) is 8.45. The van der Waals surface area contributed by atoms with Crippen LogP contribution < -0.4 is 14.8 Å². The molecular formula is C29H35NO3. The number of hydrogen-bond donors (Lipinski definition) is 1. The third-order valence-corrected chi connectivity index (χ3v) is 9.92. The Kier molecular flexibility index (Phi) is 4.47. The maximum Gasteiger partial charge on any atom is 0.217 e. The second-order valence-electron chi connectivity index (χ2n) is 11.4. The van der Waals surface area contributed by atoms with Crippen LogP contribution in [0.25, 0.3) is 0 Å². The third-order valence-electron chi connectivity index (χ3n) is 9.92. The van der Waals surface area contributed by atoms with E-state index in [-0.39, 0.29) is 22.8 Å². The minimum Gasteiger partial charge on any atom is -0.485 e. The van der Waals surface area contributed by atoms with E-state index in [0.717, 1.165) is 42.7 Å². The molecule has 2 saturated carbocycles. The van der Waals surface area contributed by atoms with Crippen molar-refractivity contribution in [1.82, 2.24) is 5.32 Å². The van der Waals surface area contributed by atoms with Crippen molar-refractivity contribution >= 4 is 5.91 Å². The molecule has 2 fully saturated rings.